The molecule has 0 aromatic heterocycles. The van der Waals surface area contributed by atoms with Gasteiger partial charge in [-0.3, -0.25) is 4.79 Å². The summed E-state index contributed by atoms with van der Waals surface area (Å²) in [4.78, 5) is 12.2. The van der Waals surface area contributed by atoms with Crippen LogP contribution in [0.2, 0.25) is 0 Å². The fraction of sp³-hybridized carbons (Fsp3) is 0.653. The highest BCUT2D eigenvalue weighted by Crippen LogP contribution is 2.12. The zero-order chi connectivity index (χ0) is 38.4. The van der Waals surface area contributed by atoms with Gasteiger partial charge in [0, 0.05) is 13.0 Å². The summed E-state index contributed by atoms with van der Waals surface area (Å²) in [6, 6.07) is 0. The Balaban J connectivity index is 3.50. The molecular formula is C49H82O4. The third-order valence-electron chi connectivity index (χ3n) is 8.90. The first kappa shape index (κ1) is 50.3. The maximum absolute atomic E-state index is 12.2. The van der Waals surface area contributed by atoms with Gasteiger partial charge in [0.1, 0.15) is 6.10 Å². The highest BCUT2D eigenvalue weighted by Gasteiger charge is 2.13. The molecule has 0 aliphatic heterocycles. The molecule has 1 atom stereocenters. The highest BCUT2D eigenvalue weighted by molar-refractivity contribution is 5.69. The van der Waals surface area contributed by atoms with Gasteiger partial charge in [-0.25, -0.2) is 0 Å². The van der Waals surface area contributed by atoms with E-state index in [4.69, 9.17) is 9.47 Å². The van der Waals surface area contributed by atoms with Crippen LogP contribution in [-0.2, 0) is 14.3 Å². The standard InChI is InChI=1S/C49H82O4/c1-3-5-7-9-11-13-15-17-19-21-22-23-24-25-26-27-29-31-33-35-37-39-41-43-45-52-47-48(46-50)53-49(51)44-42-40-38-36-34-32-30-28-20-18-16-14-12-10-8-6-4-2/h5-8,11-14,17-20,22-23,25-26,48,50H,3-4,9-10,15-16,21,24,27-47H2,1-2H3/b7-5-,8-6-,13-11-,14-12-,19-17-,20-18-,23-22-,26-25-. The van der Waals surface area contributed by atoms with Crippen molar-refractivity contribution in [2.24, 2.45) is 0 Å². The molecule has 0 heterocycles. The van der Waals surface area contributed by atoms with Crippen LogP contribution in [0.15, 0.2) is 97.2 Å². The van der Waals surface area contributed by atoms with E-state index < -0.39 is 6.10 Å². The molecule has 0 aromatic carbocycles. The largest absolute Gasteiger partial charge is 0.457 e. The summed E-state index contributed by atoms with van der Waals surface area (Å²) in [5.74, 6) is -0.218. The van der Waals surface area contributed by atoms with Crippen molar-refractivity contribution < 1.29 is 19.4 Å². The van der Waals surface area contributed by atoms with Crippen molar-refractivity contribution in [2.45, 2.75) is 187 Å². The number of carbonyl (C=O) groups is 1. The van der Waals surface area contributed by atoms with E-state index in [1.165, 1.54) is 83.5 Å². The number of carbonyl (C=O) groups excluding carboxylic acids is 1. The lowest BCUT2D eigenvalue weighted by atomic mass is 10.1. The topological polar surface area (TPSA) is 55.8 Å². The van der Waals surface area contributed by atoms with E-state index >= 15 is 0 Å². The van der Waals surface area contributed by atoms with Gasteiger partial charge in [0.05, 0.1) is 13.2 Å². The predicted octanol–water partition coefficient (Wildman–Crippen LogP) is 14.5. The van der Waals surface area contributed by atoms with Gasteiger partial charge in [-0.15, -0.1) is 0 Å². The zero-order valence-electron chi connectivity index (χ0n) is 34.5. The molecule has 0 spiro atoms. The third kappa shape index (κ3) is 43.6. The molecule has 0 fully saturated rings. The van der Waals surface area contributed by atoms with E-state index in [1.54, 1.807) is 0 Å². The normalized spacial score (nSPS) is 13.3. The average molecular weight is 735 g/mol. The number of hydrogen-bond donors (Lipinski definition) is 1. The van der Waals surface area contributed by atoms with Crippen LogP contribution in [0, 0.1) is 0 Å². The van der Waals surface area contributed by atoms with Crippen molar-refractivity contribution in [3.8, 4) is 0 Å². The lowest BCUT2D eigenvalue weighted by Gasteiger charge is -2.16. The Morgan fingerprint density at radius 3 is 1.19 bits per heavy atom. The van der Waals surface area contributed by atoms with E-state index in [-0.39, 0.29) is 19.2 Å². The molecule has 0 saturated carbocycles. The lowest BCUT2D eigenvalue weighted by molar-refractivity contribution is -0.154. The highest BCUT2D eigenvalue weighted by atomic mass is 16.6. The Morgan fingerprint density at radius 1 is 0.453 bits per heavy atom. The Kier molecular flexibility index (Phi) is 43.2. The van der Waals surface area contributed by atoms with Gasteiger partial charge in [0.15, 0.2) is 0 Å². The van der Waals surface area contributed by atoms with E-state index in [0.717, 1.165) is 77.0 Å². The number of aliphatic hydroxyl groups excluding tert-OH is 1. The molecule has 1 unspecified atom stereocenters. The Bertz CT molecular complexity index is 996. The summed E-state index contributed by atoms with van der Waals surface area (Å²) in [6.07, 6.45) is 64.7. The first-order valence-electron chi connectivity index (χ1n) is 21.8. The number of hydrogen-bond acceptors (Lipinski definition) is 4. The first-order valence-corrected chi connectivity index (χ1v) is 21.8. The molecule has 0 saturated heterocycles. The number of esters is 1. The molecule has 0 rings (SSSR count). The molecule has 4 nitrogen and oxygen atoms in total. The van der Waals surface area contributed by atoms with Crippen LogP contribution in [0.25, 0.3) is 0 Å². The van der Waals surface area contributed by atoms with Crippen molar-refractivity contribution in [3.63, 3.8) is 0 Å². The molecule has 302 valence electrons. The Hall–Kier alpha value is -2.69. The second kappa shape index (κ2) is 45.5. The van der Waals surface area contributed by atoms with E-state index in [1.807, 2.05) is 0 Å². The summed E-state index contributed by atoms with van der Waals surface area (Å²) in [7, 11) is 0. The summed E-state index contributed by atoms with van der Waals surface area (Å²) in [6.45, 7) is 5.08. The van der Waals surface area contributed by atoms with Gasteiger partial charge in [0.2, 0.25) is 0 Å². The van der Waals surface area contributed by atoms with Crippen LogP contribution in [0.5, 0.6) is 0 Å². The van der Waals surface area contributed by atoms with Crippen molar-refractivity contribution >= 4 is 5.97 Å². The van der Waals surface area contributed by atoms with Crippen LogP contribution in [0.3, 0.4) is 0 Å². The van der Waals surface area contributed by atoms with Crippen LogP contribution < -0.4 is 0 Å². The van der Waals surface area contributed by atoms with Gasteiger partial charge < -0.3 is 14.6 Å². The molecule has 0 aliphatic carbocycles. The molecule has 4 heteroatoms. The Morgan fingerprint density at radius 2 is 0.792 bits per heavy atom. The number of aliphatic hydroxyl groups is 1. The zero-order valence-corrected chi connectivity index (χ0v) is 34.5. The first-order chi connectivity index (χ1) is 26.2. The summed E-state index contributed by atoms with van der Waals surface area (Å²) in [5, 5.41) is 9.61. The maximum atomic E-state index is 12.2. The van der Waals surface area contributed by atoms with Crippen LogP contribution in [0.4, 0.5) is 0 Å². The summed E-state index contributed by atoms with van der Waals surface area (Å²) >= 11 is 0. The molecule has 0 aromatic rings. The number of ether oxygens (including phenoxy) is 2. The molecular weight excluding hydrogens is 653 g/mol. The van der Waals surface area contributed by atoms with Crippen LogP contribution in [-0.4, -0.2) is 37.0 Å². The van der Waals surface area contributed by atoms with Gasteiger partial charge >= 0.3 is 5.97 Å². The van der Waals surface area contributed by atoms with E-state index in [2.05, 4.69) is 111 Å². The van der Waals surface area contributed by atoms with Crippen molar-refractivity contribution in [2.75, 3.05) is 19.8 Å². The fourth-order valence-corrected chi connectivity index (χ4v) is 5.72. The third-order valence-corrected chi connectivity index (χ3v) is 8.90. The van der Waals surface area contributed by atoms with Gasteiger partial charge in [0.25, 0.3) is 0 Å². The monoisotopic (exact) mass is 735 g/mol. The van der Waals surface area contributed by atoms with E-state index in [0.29, 0.717) is 13.0 Å². The van der Waals surface area contributed by atoms with Gasteiger partial charge in [-0.2, -0.15) is 0 Å². The molecule has 0 radical (unpaired) electrons. The van der Waals surface area contributed by atoms with Gasteiger partial charge in [-0.1, -0.05) is 182 Å². The number of unbranched alkanes of at least 4 members (excludes halogenated alkanes) is 15. The van der Waals surface area contributed by atoms with Crippen LogP contribution >= 0.6 is 0 Å². The fourth-order valence-electron chi connectivity index (χ4n) is 5.72. The average Bonchev–Trinajstić information content (AvgIpc) is 3.16. The molecule has 0 bridgehead atoms. The lowest BCUT2D eigenvalue weighted by Crippen LogP contribution is -2.27. The Labute approximate surface area is 328 Å². The molecule has 0 aliphatic rings. The quantitative estimate of drug-likeness (QED) is 0.0388. The van der Waals surface area contributed by atoms with Gasteiger partial charge in [-0.05, 0) is 89.9 Å². The molecule has 1 N–H and O–H groups in total. The number of rotatable bonds is 39. The number of allylic oxidation sites excluding steroid dienone is 16. The minimum atomic E-state index is -0.551. The maximum Gasteiger partial charge on any atom is 0.306 e. The minimum absolute atomic E-state index is 0.185. The molecule has 53 heavy (non-hydrogen) atoms. The minimum Gasteiger partial charge on any atom is -0.457 e. The molecule has 0 amide bonds. The van der Waals surface area contributed by atoms with Crippen LogP contribution in [0.1, 0.15) is 181 Å². The van der Waals surface area contributed by atoms with Crippen molar-refractivity contribution in [1.29, 1.82) is 0 Å². The van der Waals surface area contributed by atoms with Crippen molar-refractivity contribution in [3.05, 3.63) is 97.2 Å². The smallest absolute Gasteiger partial charge is 0.306 e. The SMILES string of the molecule is CC/C=C\C/C=C\C/C=C\C/C=C\C/C=C\CCCCCCCCCCOCC(CO)OC(=O)CCCCCCCCC/C=C\C/C=C\C/C=C\CC. The summed E-state index contributed by atoms with van der Waals surface area (Å²) in [5.41, 5.74) is 0. The van der Waals surface area contributed by atoms with E-state index in [9.17, 15) is 9.90 Å². The van der Waals surface area contributed by atoms with Crippen molar-refractivity contribution in [1.82, 2.24) is 0 Å². The second-order valence-electron chi connectivity index (χ2n) is 14.0. The second-order valence-corrected chi connectivity index (χ2v) is 14.0. The predicted molar refractivity (Wildman–Crippen MR) is 232 cm³/mol. The summed E-state index contributed by atoms with van der Waals surface area (Å²) < 4.78 is 11.2.